The molecule has 1 unspecified atom stereocenters. The molecule has 2 nitrogen and oxygen atoms in total. The van der Waals surface area contributed by atoms with Crippen molar-refractivity contribution in [3.8, 4) is 0 Å². The fourth-order valence-corrected chi connectivity index (χ4v) is 2.57. The highest BCUT2D eigenvalue weighted by atomic mass is 19.1. The fraction of sp³-hybridized carbons (Fsp3) is 0.600. The second kappa shape index (κ2) is 6.30. The van der Waals surface area contributed by atoms with Crippen LogP contribution in [0.1, 0.15) is 44.3 Å². The van der Waals surface area contributed by atoms with Crippen molar-refractivity contribution in [1.29, 1.82) is 0 Å². The van der Waals surface area contributed by atoms with Crippen molar-refractivity contribution in [2.45, 2.75) is 44.8 Å². The van der Waals surface area contributed by atoms with Gasteiger partial charge >= 0.3 is 0 Å². The summed E-state index contributed by atoms with van der Waals surface area (Å²) in [6.45, 7) is 2.79. The third-order valence-electron chi connectivity index (χ3n) is 3.85. The quantitative estimate of drug-likeness (QED) is 0.862. The number of nitrogens with one attached hydrogen (secondary N) is 1. The van der Waals surface area contributed by atoms with E-state index >= 15 is 0 Å². The third kappa shape index (κ3) is 3.79. The second-order valence-corrected chi connectivity index (χ2v) is 5.44. The summed E-state index contributed by atoms with van der Waals surface area (Å²) in [5.41, 5.74) is 0.645. The molecule has 1 aromatic carbocycles. The molecule has 0 heterocycles. The summed E-state index contributed by atoms with van der Waals surface area (Å²) in [6.07, 6.45) is 4.25. The van der Waals surface area contributed by atoms with Crippen LogP contribution in [-0.2, 0) is 0 Å². The Balaban J connectivity index is 1.79. The lowest BCUT2D eigenvalue weighted by molar-refractivity contribution is 0.162. The maximum absolute atomic E-state index is 13.0. The number of rotatable bonds is 4. The summed E-state index contributed by atoms with van der Waals surface area (Å²) in [5, 5.41) is 13.4. The van der Waals surface area contributed by atoms with Gasteiger partial charge in [0.1, 0.15) is 5.82 Å². The molecule has 1 aliphatic rings. The molecule has 1 aliphatic carbocycles. The van der Waals surface area contributed by atoms with Crippen LogP contribution in [0.3, 0.4) is 0 Å². The maximum Gasteiger partial charge on any atom is 0.123 e. The Kier molecular flexibility index (Phi) is 4.72. The molecule has 0 radical (unpaired) electrons. The van der Waals surface area contributed by atoms with E-state index in [0.29, 0.717) is 18.2 Å². The molecule has 0 amide bonds. The van der Waals surface area contributed by atoms with Gasteiger partial charge in [0.25, 0.3) is 0 Å². The zero-order chi connectivity index (χ0) is 13.0. The molecule has 100 valence electrons. The number of aliphatic hydroxyl groups is 1. The standard InChI is InChI=1S/C15H22FNO/c1-11-5-7-14(8-6-11)17-10-15(18)12-3-2-4-13(16)9-12/h2-4,9,11,14-15,17-18H,5-8,10H2,1H3. The van der Waals surface area contributed by atoms with E-state index in [1.54, 1.807) is 12.1 Å². The molecule has 3 heteroatoms. The van der Waals surface area contributed by atoms with Crippen LogP contribution in [0.5, 0.6) is 0 Å². The van der Waals surface area contributed by atoms with E-state index in [0.717, 1.165) is 5.92 Å². The summed E-state index contributed by atoms with van der Waals surface area (Å²) >= 11 is 0. The molecule has 1 fully saturated rings. The first-order chi connectivity index (χ1) is 8.65. The molecule has 0 saturated heterocycles. The van der Waals surface area contributed by atoms with Gasteiger partial charge in [-0.1, -0.05) is 19.1 Å². The van der Waals surface area contributed by atoms with Crippen LogP contribution >= 0.6 is 0 Å². The molecule has 0 spiro atoms. The van der Waals surface area contributed by atoms with Crippen LogP contribution in [-0.4, -0.2) is 17.7 Å². The highest BCUT2D eigenvalue weighted by Crippen LogP contribution is 2.24. The van der Waals surface area contributed by atoms with Gasteiger partial charge in [0.2, 0.25) is 0 Å². The van der Waals surface area contributed by atoms with E-state index in [1.807, 2.05) is 0 Å². The largest absolute Gasteiger partial charge is 0.387 e. The smallest absolute Gasteiger partial charge is 0.123 e. The van der Waals surface area contributed by atoms with Crippen molar-refractivity contribution in [3.63, 3.8) is 0 Å². The van der Waals surface area contributed by atoms with Gasteiger partial charge in [0.05, 0.1) is 6.10 Å². The molecule has 1 aromatic rings. The lowest BCUT2D eigenvalue weighted by Crippen LogP contribution is -2.35. The van der Waals surface area contributed by atoms with E-state index in [4.69, 9.17) is 0 Å². The Morgan fingerprint density at radius 3 is 2.72 bits per heavy atom. The Labute approximate surface area is 108 Å². The minimum atomic E-state index is -0.625. The zero-order valence-electron chi connectivity index (χ0n) is 10.9. The molecule has 2 rings (SSSR count). The summed E-state index contributed by atoms with van der Waals surface area (Å²) in [7, 11) is 0. The average molecular weight is 251 g/mol. The van der Waals surface area contributed by atoms with Crippen LogP contribution in [0.15, 0.2) is 24.3 Å². The molecule has 0 aliphatic heterocycles. The predicted molar refractivity (Wildman–Crippen MR) is 70.8 cm³/mol. The average Bonchev–Trinajstić information content (AvgIpc) is 2.38. The predicted octanol–water partition coefficient (Wildman–Crippen LogP) is 3.03. The third-order valence-corrected chi connectivity index (χ3v) is 3.85. The van der Waals surface area contributed by atoms with Gasteiger partial charge in [-0.2, -0.15) is 0 Å². The van der Waals surface area contributed by atoms with Crippen molar-refractivity contribution in [2.24, 2.45) is 5.92 Å². The lowest BCUT2D eigenvalue weighted by Gasteiger charge is -2.28. The summed E-state index contributed by atoms with van der Waals surface area (Å²) in [6, 6.07) is 6.69. The molecule has 1 atom stereocenters. The molecule has 0 aromatic heterocycles. The number of benzene rings is 1. The number of halogens is 1. The maximum atomic E-state index is 13.0. The summed E-state index contributed by atoms with van der Waals surface area (Å²) < 4.78 is 13.0. The van der Waals surface area contributed by atoms with Gasteiger partial charge in [-0.25, -0.2) is 4.39 Å². The van der Waals surface area contributed by atoms with Crippen LogP contribution in [0.4, 0.5) is 4.39 Å². The summed E-state index contributed by atoms with van der Waals surface area (Å²) in [4.78, 5) is 0. The van der Waals surface area contributed by atoms with Gasteiger partial charge in [0, 0.05) is 12.6 Å². The number of hydrogen-bond acceptors (Lipinski definition) is 2. The van der Waals surface area contributed by atoms with Crippen LogP contribution in [0.2, 0.25) is 0 Å². The van der Waals surface area contributed by atoms with Gasteiger partial charge in [0.15, 0.2) is 0 Å². The summed E-state index contributed by atoms with van der Waals surface area (Å²) in [5.74, 6) is 0.536. The molecular formula is C15H22FNO. The van der Waals surface area contributed by atoms with Gasteiger partial charge in [-0.05, 0) is 49.3 Å². The Bertz CT molecular complexity index is 375. The zero-order valence-corrected chi connectivity index (χ0v) is 10.9. The first-order valence-electron chi connectivity index (χ1n) is 6.82. The van der Waals surface area contributed by atoms with Crippen molar-refractivity contribution in [1.82, 2.24) is 5.32 Å². The van der Waals surface area contributed by atoms with Crippen molar-refractivity contribution in [2.75, 3.05) is 6.54 Å². The highest BCUT2D eigenvalue weighted by molar-refractivity contribution is 5.18. The highest BCUT2D eigenvalue weighted by Gasteiger charge is 2.18. The van der Waals surface area contributed by atoms with Crippen LogP contribution in [0.25, 0.3) is 0 Å². The Hall–Kier alpha value is -0.930. The van der Waals surface area contributed by atoms with Crippen molar-refractivity contribution in [3.05, 3.63) is 35.6 Å². The SMILES string of the molecule is CC1CCC(NCC(O)c2cccc(F)c2)CC1. The topological polar surface area (TPSA) is 32.3 Å². The van der Waals surface area contributed by atoms with Crippen LogP contribution < -0.4 is 5.32 Å². The van der Waals surface area contributed by atoms with Gasteiger partial charge in [-0.15, -0.1) is 0 Å². The minimum Gasteiger partial charge on any atom is -0.387 e. The second-order valence-electron chi connectivity index (χ2n) is 5.44. The Morgan fingerprint density at radius 1 is 1.33 bits per heavy atom. The van der Waals surface area contributed by atoms with Crippen molar-refractivity contribution >= 4 is 0 Å². The van der Waals surface area contributed by atoms with Gasteiger partial charge in [-0.3, -0.25) is 0 Å². The molecule has 1 saturated carbocycles. The van der Waals surface area contributed by atoms with Crippen molar-refractivity contribution < 1.29 is 9.50 Å². The van der Waals surface area contributed by atoms with E-state index in [-0.39, 0.29) is 5.82 Å². The number of aliphatic hydroxyl groups excluding tert-OH is 1. The van der Waals surface area contributed by atoms with E-state index in [1.165, 1.54) is 37.8 Å². The normalized spacial score (nSPS) is 25.9. The monoisotopic (exact) mass is 251 g/mol. The fourth-order valence-electron chi connectivity index (χ4n) is 2.57. The minimum absolute atomic E-state index is 0.293. The number of hydrogen-bond donors (Lipinski definition) is 2. The van der Waals surface area contributed by atoms with Crippen LogP contribution in [0, 0.1) is 11.7 Å². The Morgan fingerprint density at radius 2 is 2.06 bits per heavy atom. The molecular weight excluding hydrogens is 229 g/mol. The molecule has 0 bridgehead atoms. The van der Waals surface area contributed by atoms with E-state index in [2.05, 4.69) is 12.2 Å². The first-order valence-corrected chi connectivity index (χ1v) is 6.82. The lowest BCUT2D eigenvalue weighted by atomic mass is 9.87. The molecule has 18 heavy (non-hydrogen) atoms. The first kappa shape index (κ1) is 13.5. The van der Waals surface area contributed by atoms with E-state index in [9.17, 15) is 9.50 Å². The van der Waals surface area contributed by atoms with E-state index < -0.39 is 6.10 Å². The van der Waals surface area contributed by atoms with Gasteiger partial charge < -0.3 is 10.4 Å². The molecule has 2 N–H and O–H groups in total.